The number of benzene rings is 2. The number of hydrogen-bond acceptors (Lipinski definition) is 2. The summed E-state index contributed by atoms with van der Waals surface area (Å²) < 4.78 is 0. The molecule has 0 aromatic heterocycles. The van der Waals surface area contributed by atoms with E-state index in [1.165, 1.54) is 5.56 Å². The summed E-state index contributed by atoms with van der Waals surface area (Å²) in [5.74, 6) is 0.0267. The van der Waals surface area contributed by atoms with Crippen LogP contribution < -0.4 is 10.6 Å². The third-order valence-electron chi connectivity index (χ3n) is 3.84. The third kappa shape index (κ3) is 3.52. The second-order valence-electron chi connectivity index (χ2n) is 5.49. The summed E-state index contributed by atoms with van der Waals surface area (Å²) in [5, 5.41) is 5.46. The summed E-state index contributed by atoms with van der Waals surface area (Å²) in [7, 11) is 0. The highest BCUT2D eigenvalue weighted by atomic mass is 16.2. The molecule has 112 valence electrons. The Bertz CT molecular complexity index is 655. The van der Waals surface area contributed by atoms with Gasteiger partial charge in [0.15, 0.2) is 0 Å². The zero-order valence-corrected chi connectivity index (χ0v) is 12.2. The third-order valence-corrected chi connectivity index (χ3v) is 3.84. The molecule has 2 N–H and O–H groups in total. The lowest BCUT2D eigenvalue weighted by Gasteiger charge is -2.07. The Morgan fingerprint density at radius 2 is 1.59 bits per heavy atom. The fourth-order valence-electron chi connectivity index (χ4n) is 2.58. The molecule has 0 radical (unpaired) electrons. The molecule has 2 aromatic rings. The Morgan fingerprint density at radius 3 is 2.27 bits per heavy atom. The number of hydrogen-bond donors (Lipinski definition) is 2. The Balaban J connectivity index is 1.45. The molecule has 2 aromatic carbocycles. The molecule has 0 bridgehead atoms. The molecule has 1 aliphatic carbocycles. The lowest BCUT2D eigenvalue weighted by Crippen LogP contribution is -2.34. The number of nitrogens with one attached hydrogen (secondary N) is 2. The van der Waals surface area contributed by atoms with Crippen LogP contribution in [0.1, 0.15) is 17.9 Å². The zero-order valence-electron chi connectivity index (χ0n) is 12.2. The Hall–Kier alpha value is -2.62. The van der Waals surface area contributed by atoms with Crippen molar-refractivity contribution in [3.8, 4) is 0 Å². The van der Waals surface area contributed by atoms with Gasteiger partial charge in [-0.15, -0.1) is 0 Å². The van der Waals surface area contributed by atoms with Crippen molar-refractivity contribution in [2.75, 3.05) is 11.9 Å². The van der Waals surface area contributed by atoms with Crippen LogP contribution in [-0.4, -0.2) is 18.4 Å². The fourth-order valence-corrected chi connectivity index (χ4v) is 2.58. The average Bonchev–Trinajstić information content (AvgIpc) is 3.35. The summed E-state index contributed by atoms with van der Waals surface area (Å²) in [4.78, 5) is 23.8. The van der Waals surface area contributed by atoms with Crippen molar-refractivity contribution in [1.29, 1.82) is 0 Å². The van der Waals surface area contributed by atoms with Gasteiger partial charge in [0.2, 0.25) is 11.8 Å². The van der Waals surface area contributed by atoms with Crippen molar-refractivity contribution in [3.05, 3.63) is 66.2 Å². The van der Waals surface area contributed by atoms with Crippen LogP contribution in [0.4, 0.5) is 5.69 Å². The van der Waals surface area contributed by atoms with Gasteiger partial charge in [0.1, 0.15) is 0 Å². The SMILES string of the molecule is O=C(CNC(=O)C1CC1c1ccccc1)Nc1ccccc1. The zero-order chi connectivity index (χ0) is 15.4. The van der Waals surface area contributed by atoms with E-state index in [4.69, 9.17) is 0 Å². The van der Waals surface area contributed by atoms with Crippen LogP contribution in [0.15, 0.2) is 60.7 Å². The van der Waals surface area contributed by atoms with Crippen molar-refractivity contribution < 1.29 is 9.59 Å². The van der Waals surface area contributed by atoms with E-state index in [1.54, 1.807) is 0 Å². The van der Waals surface area contributed by atoms with Gasteiger partial charge >= 0.3 is 0 Å². The molecule has 2 atom stereocenters. The first-order valence-corrected chi connectivity index (χ1v) is 7.41. The predicted octanol–water partition coefficient (Wildman–Crippen LogP) is 2.55. The molecule has 4 nitrogen and oxygen atoms in total. The molecule has 1 saturated carbocycles. The van der Waals surface area contributed by atoms with Crippen LogP contribution in [-0.2, 0) is 9.59 Å². The van der Waals surface area contributed by atoms with Crippen LogP contribution in [0.3, 0.4) is 0 Å². The standard InChI is InChI=1S/C18H18N2O2/c21-17(20-14-9-5-2-6-10-14)12-19-18(22)16-11-15(16)13-7-3-1-4-8-13/h1-10,15-16H,11-12H2,(H,19,22)(H,20,21). The summed E-state index contributed by atoms with van der Waals surface area (Å²) in [5.41, 5.74) is 1.92. The van der Waals surface area contributed by atoms with Crippen LogP contribution in [0.2, 0.25) is 0 Å². The first-order valence-electron chi connectivity index (χ1n) is 7.41. The highest BCUT2D eigenvalue weighted by Gasteiger charge is 2.43. The number of anilines is 1. The first kappa shape index (κ1) is 14.3. The van der Waals surface area contributed by atoms with Crippen LogP contribution in [0, 0.1) is 5.92 Å². The van der Waals surface area contributed by atoms with Gasteiger partial charge in [0.05, 0.1) is 6.54 Å². The molecule has 0 aliphatic heterocycles. The number of carbonyl (C=O) groups is 2. The van der Waals surface area contributed by atoms with Crippen LogP contribution in [0.25, 0.3) is 0 Å². The molecule has 1 aliphatic rings. The highest BCUT2D eigenvalue weighted by Crippen LogP contribution is 2.47. The molecular weight excluding hydrogens is 276 g/mol. The van der Waals surface area contributed by atoms with E-state index in [2.05, 4.69) is 10.6 Å². The minimum absolute atomic E-state index is 0.00569. The van der Waals surface area contributed by atoms with Gasteiger partial charge in [0, 0.05) is 11.6 Å². The maximum absolute atomic E-state index is 12.1. The molecular formula is C18H18N2O2. The second kappa shape index (κ2) is 6.43. The Labute approximate surface area is 129 Å². The fraction of sp³-hybridized carbons (Fsp3) is 0.222. The predicted molar refractivity (Wildman–Crippen MR) is 85.4 cm³/mol. The topological polar surface area (TPSA) is 58.2 Å². The lowest BCUT2D eigenvalue weighted by molar-refractivity contribution is -0.125. The largest absolute Gasteiger partial charge is 0.347 e. The van der Waals surface area contributed by atoms with Gasteiger partial charge < -0.3 is 10.6 Å². The number of para-hydroxylation sites is 1. The van der Waals surface area contributed by atoms with Crippen molar-refractivity contribution in [3.63, 3.8) is 0 Å². The number of carbonyl (C=O) groups excluding carboxylic acids is 2. The van der Waals surface area contributed by atoms with E-state index >= 15 is 0 Å². The van der Waals surface area contributed by atoms with Crippen molar-refractivity contribution in [2.24, 2.45) is 5.92 Å². The molecule has 3 rings (SSSR count). The van der Waals surface area contributed by atoms with E-state index in [-0.39, 0.29) is 24.3 Å². The average molecular weight is 294 g/mol. The number of rotatable bonds is 5. The first-order chi connectivity index (χ1) is 10.7. The van der Waals surface area contributed by atoms with E-state index in [0.29, 0.717) is 5.92 Å². The van der Waals surface area contributed by atoms with E-state index in [9.17, 15) is 9.59 Å². The van der Waals surface area contributed by atoms with Gasteiger partial charge in [-0.3, -0.25) is 9.59 Å². The molecule has 0 spiro atoms. The maximum atomic E-state index is 12.1. The van der Waals surface area contributed by atoms with Crippen molar-refractivity contribution in [1.82, 2.24) is 5.32 Å². The lowest BCUT2D eigenvalue weighted by atomic mass is 10.1. The molecule has 0 saturated heterocycles. The molecule has 22 heavy (non-hydrogen) atoms. The summed E-state index contributed by atoms with van der Waals surface area (Å²) in [6, 6.07) is 19.2. The minimum atomic E-state index is -0.212. The van der Waals surface area contributed by atoms with Crippen LogP contribution in [0.5, 0.6) is 0 Å². The minimum Gasteiger partial charge on any atom is -0.347 e. The molecule has 1 fully saturated rings. The van der Waals surface area contributed by atoms with Gasteiger partial charge in [-0.05, 0) is 30.0 Å². The van der Waals surface area contributed by atoms with E-state index in [0.717, 1.165) is 12.1 Å². The normalized spacial score (nSPS) is 19.3. The summed E-state index contributed by atoms with van der Waals surface area (Å²) in [6.07, 6.45) is 0.857. The highest BCUT2D eigenvalue weighted by molar-refractivity contribution is 5.95. The van der Waals surface area contributed by atoms with Gasteiger partial charge in [-0.2, -0.15) is 0 Å². The van der Waals surface area contributed by atoms with Crippen molar-refractivity contribution >= 4 is 17.5 Å². The Morgan fingerprint density at radius 1 is 0.955 bits per heavy atom. The maximum Gasteiger partial charge on any atom is 0.243 e. The smallest absolute Gasteiger partial charge is 0.243 e. The number of amides is 2. The van der Waals surface area contributed by atoms with Gasteiger partial charge in [-0.1, -0.05) is 48.5 Å². The van der Waals surface area contributed by atoms with Gasteiger partial charge in [0.25, 0.3) is 0 Å². The quantitative estimate of drug-likeness (QED) is 0.890. The molecule has 2 amide bonds. The van der Waals surface area contributed by atoms with Crippen molar-refractivity contribution in [2.45, 2.75) is 12.3 Å². The van der Waals surface area contributed by atoms with E-state index < -0.39 is 0 Å². The summed E-state index contributed by atoms with van der Waals surface area (Å²) in [6.45, 7) is 0.00569. The van der Waals surface area contributed by atoms with Crippen LogP contribution >= 0.6 is 0 Å². The molecule has 0 heterocycles. The molecule has 4 heteroatoms. The van der Waals surface area contributed by atoms with E-state index in [1.807, 2.05) is 60.7 Å². The Kier molecular flexibility index (Phi) is 4.19. The summed E-state index contributed by atoms with van der Waals surface area (Å²) >= 11 is 0. The second-order valence-corrected chi connectivity index (χ2v) is 5.49. The monoisotopic (exact) mass is 294 g/mol. The van der Waals surface area contributed by atoms with Gasteiger partial charge in [-0.25, -0.2) is 0 Å². The molecule has 2 unspecified atom stereocenters.